The summed E-state index contributed by atoms with van der Waals surface area (Å²) in [5.74, 6) is -0.249. The minimum atomic E-state index is -0.434. The van der Waals surface area contributed by atoms with Crippen molar-refractivity contribution in [2.75, 3.05) is 19.7 Å². The molecule has 0 aromatic heterocycles. The summed E-state index contributed by atoms with van der Waals surface area (Å²) < 4.78 is 4.86. The van der Waals surface area contributed by atoms with Crippen LogP contribution in [0.15, 0.2) is 0 Å². The van der Waals surface area contributed by atoms with E-state index in [1.807, 2.05) is 11.8 Å². The molecule has 5 nitrogen and oxygen atoms in total. The van der Waals surface area contributed by atoms with Gasteiger partial charge in [0.15, 0.2) is 0 Å². The number of hydrogen-bond acceptors (Lipinski definition) is 4. The SMILES string of the molecule is CCOC(=O)C(C)NCC(=O)N(CC)C1CC1. The Morgan fingerprint density at radius 3 is 2.53 bits per heavy atom. The Morgan fingerprint density at radius 2 is 2.06 bits per heavy atom. The molecule has 5 heteroatoms. The van der Waals surface area contributed by atoms with Crippen molar-refractivity contribution >= 4 is 11.9 Å². The van der Waals surface area contributed by atoms with E-state index >= 15 is 0 Å². The second-order valence-corrected chi connectivity index (χ2v) is 4.27. The van der Waals surface area contributed by atoms with Crippen molar-refractivity contribution in [3.63, 3.8) is 0 Å². The highest BCUT2D eigenvalue weighted by molar-refractivity contribution is 5.80. The van der Waals surface area contributed by atoms with E-state index in [2.05, 4.69) is 5.32 Å². The number of carbonyl (C=O) groups excluding carboxylic acids is 2. The number of nitrogens with zero attached hydrogens (tertiary/aromatic N) is 1. The number of esters is 1. The lowest BCUT2D eigenvalue weighted by atomic mass is 10.3. The molecule has 1 saturated carbocycles. The van der Waals surface area contributed by atoms with Gasteiger partial charge >= 0.3 is 5.97 Å². The molecular weight excluding hydrogens is 220 g/mol. The molecule has 1 fully saturated rings. The first-order chi connectivity index (χ1) is 8.10. The molecular formula is C12H22N2O3. The van der Waals surface area contributed by atoms with Gasteiger partial charge in [-0.25, -0.2) is 0 Å². The van der Waals surface area contributed by atoms with Gasteiger partial charge in [-0.3, -0.25) is 14.9 Å². The number of nitrogens with one attached hydrogen (secondary N) is 1. The summed E-state index contributed by atoms with van der Waals surface area (Å²) in [4.78, 5) is 25.0. The van der Waals surface area contributed by atoms with Crippen LogP contribution in [-0.2, 0) is 14.3 Å². The van der Waals surface area contributed by atoms with Gasteiger partial charge in [0.2, 0.25) is 5.91 Å². The Kier molecular flexibility index (Phi) is 5.41. The zero-order valence-corrected chi connectivity index (χ0v) is 10.9. The van der Waals surface area contributed by atoms with Crippen LogP contribution >= 0.6 is 0 Å². The molecule has 0 saturated heterocycles. The van der Waals surface area contributed by atoms with E-state index in [0.29, 0.717) is 12.6 Å². The summed E-state index contributed by atoms with van der Waals surface area (Å²) in [5.41, 5.74) is 0. The highest BCUT2D eigenvalue weighted by Gasteiger charge is 2.31. The van der Waals surface area contributed by atoms with Crippen molar-refractivity contribution in [3.8, 4) is 0 Å². The number of rotatable bonds is 7. The molecule has 1 aliphatic rings. The highest BCUT2D eigenvalue weighted by Crippen LogP contribution is 2.26. The van der Waals surface area contributed by atoms with Crippen LogP contribution in [0, 0.1) is 0 Å². The average Bonchev–Trinajstić information content (AvgIpc) is 3.11. The van der Waals surface area contributed by atoms with Crippen molar-refractivity contribution in [1.29, 1.82) is 0 Å². The van der Waals surface area contributed by atoms with Crippen LogP contribution in [0.1, 0.15) is 33.6 Å². The molecule has 1 atom stereocenters. The fourth-order valence-electron chi connectivity index (χ4n) is 1.72. The summed E-state index contributed by atoms with van der Waals surface area (Å²) in [6, 6.07) is -0.0102. The average molecular weight is 242 g/mol. The van der Waals surface area contributed by atoms with Crippen LogP contribution < -0.4 is 5.32 Å². The van der Waals surface area contributed by atoms with Crippen LogP contribution in [0.4, 0.5) is 0 Å². The van der Waals surface area contributed by atoms with Crippen molar-refractivity contribution in [2.45, 2.75) is 45.7 Å². The monoisotopic (exact) mass is 242 g/mol. The third-order valence-corrected chi connectivity index (χ3v) is 2.85. The predicted molar refractivity (Wildman–Crippen MR) is 64.5 cm³/mol. The number of carbonyl (C=O) groups is 2. The van der Waals surface area contributed by atoms with E-state index in [1.165, 1.54) is 0 Å². The minimum Gasteiger partial charge on any atom is -0.465 e. The summed E-state index contributed by atoms with van der Waals surface area (Å²) in [5, 5.41) is 2.90. The Bertz CT molecular complexity index is 277. The molecule has 1 N–H and O–H groups in total. The van der Waals surface area contributed by atoms with Crippen molar-refractivity contribution in [2.24, 2.45) is 0 Å². The Hall–Kier alpha value is -1.10. The molecule has 0 heterocycles. The molecule has 0 aliphatic heterocycles. The number of amides is 1. The molecule has 0 spiro atoms. The molecule has 1 aliphatic carbocycles. The zero-order chi connectivity index (χ0) is 12.8. The quantitative estimate of drug-likeness (QED) is 0.662. The largest absolute Gasteiger partial charge is 0.465 e. The third kappa shape index (κ3) is 4.34. The molecule has 1 amide bonds. The van der Waals surface area contributed by atoms with E-state index in [1.54, 1.807) is 13.8 Å². The van der Waals surface area contributed by atoms with Crippen LogP contribution in [0.3, 0.4) is 0 Å². The molecule has 0 radical (unpaired) electrons. The first kappa shape index (κ1) is 14.0. The lowest BCUT2D eigenvalue weighted by Gasteiger charge is -2.21. The van der Waals surface area contributed by atoms with Crippen LogP contribution in [0.5, 0.6) is 0 Å². The molecule has 17 heavy (non-hydrogen) atoms. The molecule has 0 bridgehead atoms. The van der Waals surface area contributed by atoms with Gasteiger partial charge in [0.25, 0.3) is 0 Å². The second kappa shape index (κ2) is 6.59. The lowest BCUT2D eigenvalue weighted by Crippen LogP contribution is -2.44. The van der Waals surface area contributed by atoms with E-state index in [4.69, 9.17) is 4.74 Å². The van der Waals surface area contributed by atoms with Crippen molar-refractivity contribution < 1.29 is 14.3 Å². The van der Waals surface area contributed by atoms with Crippen LogP contribution in [0.25, 0.3) is 0 Å². The van der Waals surface area contributed by atoms with Gasteiger partial charge in [0, 0.05) is 12.6 Å². The maximum absolute atomic E-state index is 11.9. The van der Waals surface area contributed by atoms with Gasteiger partial charge in [-0.15, -0.1) is 0 Å². The Morgan fingerprint density at radius 1 is 1.41 bits per heavy atom. The van der Waals surface area contributed by atoms with Crippen molar-refractivity contribution in [1.82, 2.24) is 10.2 Å². The van der Waals surface area contributed by atoms with Gasteiger partial charge in [-0.2, -0.15) is 0 Å². The number of ether oxygens (including phenoxy) is 1. The maximum atomic E-state index is 11.9. The van der Waals surface area contributed by atoms with E-state index < -0.39 is 6.04 Å². The highest BCUT2D eigenvalue weighted by atomic mass is 16.5. The molecule has 1 unspecified atom stereocenters. The zero-order valence-electron chi connectivity index (χ0n) is 10.9. The summed E-state index contributed by atoms with van der Waals surface area (Å²) in [6.45, 7) is 6.75. The fraction of sp³-hybridized carbons (Fsp3) is 0.833. The van der Waals surface area contributed by atoms with Crippen LogP contribution in [-0.4, -0.2) is 48.6 Å². The smallest absolute Gasteiger partial charge is 0.322 e. The van der Waals surface area contributed by atoms with Crippen LogP contribution in [0.2, 0.25) is 0 Å². The van der Waals surface area contributed by atoms with Gasteiger partial charge < -0.3 is 9.64 Å². The van der Waals surface area contributed by atoms with Gasteiger partial charge in [0.05, 0.1) is 13.2 Å². The number of likely N-dealkylation sites (N-methyl/N-ethyl adjacent to an activating group) is 1. The molecule has 0 aromatic carbocycles. The Labute approximate surface area is 102 Å². The van der Waals surface area contributed by atoms with Gasteiger partial charge in [-0.05, 0) is 33.6 Å². The summed E-state index contributed by atoms with van der Waals surface area (Å²) in [6.07, 6.45) is 2.21. The van der Waals surface area contributed by atoms with E-state index in [9.17, 15) is 9.59 Å². The maximum Gasteiger partial charge on any atom is 0.322 e. The topological polar surface area (TPSA) is 58.6 Å². The normalized spacial score (nSPS) is 16.4. The molecule has 0 aromatic rings. The predicted octanol–water partition coefficient (Wildman–Crippen LogP) is 0.539. The molecule has 98 valence electrons. The lowest BCUT2D eigenvalue weighted by molar-refractivity contribution is -0.145. The standard InChI is InChI=1S/C12H22N2O3/c1-4-14(10-6-7-10)11(15)8-13-9(3)12(16)17-5-2/h9-10,13H,4-8H2,1-3H3. The first-order valence-electron chi connectivity index (χ1n) is 6.29. The summed E-state index contributed by atoms with van der Waals surface area (Å²) in [7, 11) is 0. The minimum absolute atomic E-state index is 0.0612. The van der Waals surface area contributed by atoms with Gasteiger partial charge in [-0.1, -0.05) is 0 Å². The Balaban J connectivity index is 2.28. The number of hydrogen-bond donors (Lipinski definition) is 1. The van der Waals surface area contributed by atoms with E-state index in [0.717, 1.165) is 19.4 Å². The first-order valence-corrected chi connectivity index (χ1v) is 6.29. The summed E-state index contributed by atoms with van der Waals surface area (Å²) >= 11 is 0. The fourth-order valence-corrected chi connectivity index (χ4v) is 1.72. The van der Waals surface area contributed by atoms with Crippen molar-refractivity contribution in [3.05, 3.63) is 0 Å². The van der Waals surface area contributed by atoms with Gasteiger partial charge in [0.1, 0.15) is 6.04 Å². The van der Waals surface area contributed by atoms with E-state index in [-0.39, 0.29) is 18.4 Å². The second-order valence-electron chi connectivity index (χ2n) is 4.27. The molecule has 1 rings (SSSR count). The third-order valence-electron chi connectivity index (χ3n) is 2.85.